The Morgan fingerprint density at radius 2 is 2.00 bits per heavy atom. The predicted octanol–water partition coefficient (Wildman–Crippen LogP) is 0.442. The first-order valence-electron chi connectivity index (χ1n) is 6.11. The van der Waals surface area contributed by atoms with Crippen molar-refractivity contribution in [1.29, 1.82) is 0 Å². The third-order valence-electron chi connectivity index (χ3n) is 3.69. The summed E-state index contributed by atoms with van der Waals surface area (Å²) in [6, 6.07) is 0.384. The van der Waals surface area contributed by atoms with E-state index in [9.17, 15) is 4.79 Å². The molecule has 0 saturated carbocycles. The van der Waals surface area contributed by atoms with Crippen LogP contribution in [0.4, 0.5) is 0 Å². The van der Waals surface area contributed by atoms with Gasteiger partial charge in [0, 0.05) is 18.0 Å². The largest absolute Gasteiger partial charge is 0.354 e. The van der Waals surface area contributed by atoms with Gasteiger partial charge in [0.1, 0.15) is 0 Å². The molecule has 0 aromatic carbocycles. The van der Waals surface area contributed by atoms with E-state index in [2.05, 4.69) is 29.4 Å². The molecule has 1 fully saturated rings. The minimum atomic E-state index is -0.169. The van der Waals surface area contributed by atoms with Gasteiger partial charge in [-0.1, -0.05) is 6.92 Å². The molecule has 1 aliphatic rings. The van der Waals surface area contributed by atoms with Crippen molar-refractivity contribution in [3.63, 3.8) is 0 Å². The Morgan fingerprint density at radius 1 is 1.44 bits per heavy atom. The number of amides is 1. The van der Waals surface area contributed by atoms with E-state index in [1.165, 1.54) is 0 Å². The lowest BCUT2D eigenvalue weighted by Gasteiger charge is -2.33. The molecule has 0 spiro atoms. The van der Waals surface area contributed by atoms with Crippen LogP contribution in [0.2, 0.25) is 0 Å². The summed E-state index contributed by atoms with van der Waals surface area (Å²) in [5.41, 5.74) is -0.169. The molecule has 0 bridgehead atoms. The van der Waals surface area contributed by atoms with Crippen LogP contribution in [0.3, 0.4) is 0 Å². The van der Waals surface area contributed by atoms with Crippen molar-refractivity contribution in [1.82, 2.24) is 15.5 Å². The van der Waals surface area contributed by atoms with E-state index in [0.717, 1.165) is 32.5 Å². The summed E-state index contributed by atoms with van der Waals surface area (Å²) in [5, 5.41) is 6.36. The standard InChI is InChI=1S/C12H25N3O/c1-10(15(3)4)9-14-11(16)12(2)5-7-13-8-6-12/h10,13H,5-9H2,1-4H3,(H,14,16). The lowest BCUT2D eigenvalue weighted by Crippen LogP contribution is -2.48. The van der Waals surface area contributed by atoms with Gasteiger partial charge in [-0.15, -0.1) is 0 Å². The number of hydrogen-bond donors (Lipinski definition) is 2. The molecule has 1 heterocycles. The molecule has 0 aromatic heterocycles. The van der Waals surface area contributed by atoms with E-state index in [0.29, 0.717) is 6.04 Å². The number of carbonyl (C=O) groups excluding carboxylic acids is 1. The van der Waals surface area contributed by atoms with Gasteiger partial charge in [-0.05, 0) is 47.0 Å². The monoisotopic (exact) mass is 227 g/mol. The number of carbonyl (C=O) groups is 1. The Morgan fingerprint density at radius 3 is 2.50 bits per heavy atom. The molecule has 2 N–H and O–H groups in total. The topological polar surface area (TPSA) is 44.4 Å². The normalized spacial score (nSPS) is 21.8. The number of rotatable bonds is 4. The summed E-state index contributed by atoms with van der Waals surface area (Å²) >= 11 is 0. The van der Waals surface area contributed by atoms with E-state index in [1.807, 2.05) is 14.1 Å². The maximum Gasteiger partial charge on any atom is 0.226 e. The maximum absolute atomic E-state index is 12.1. The van der Waals surface area contributed by atoms with Crippen molar-refractivity contribution in [2.75, 3.05) is 33.7 Å². The fourth-order valence-corrected chi connectivity index (χ4v) is 1.84. The van der Waals surface area contributed by atoms with Crippen molar-refractivity contribution < 1.29 is 4.79 Å². The zero-order valence-electron chi connectivity index (χ0n) is 11.0. The molecule has 0 aliphatic carbocycles. The second-order valence-corrected chi connectivity index (χ2v) is 5.33. The summed E-state index contributed by atoms with van der Waals surface area (Å²) in [6.07, 6.45) is 1.88. The van der Waals surface area contributed by atoms with Crippen LogP contribution in [0.25, 0.3) is 0 Å². The van der Waals surface area contributed by atoms with Crippen LogP contribution < -0.4 is 10.6 Å². The lowest BCUT2D eigenvalue weighted by atomic mass is 9.80. The van der Waals surface area contributed by atoms with E-state index in [-0.39, 0.29) is 11.3 Å². The number of hydrogen-bond acceptors (Lipinski definition) is 3. The van der Waals surface area contributed by atoms with Crippen molar-refractivity contribution in [2.45, 2.75) is 32.7 Å². The van der Waals surface area contributed by atoms with Crippen LogP contribution in [0.1, 0.15) is 26.7 Å². The Hall–Kier alpha value is -0.610. The van der Waals surface area contributed by atoms with Crippen LogP contribution in [0.15, 0.2) is 0 Å². The fourth-order valence-electron chi connectivity index (χ4n) is 1.84. The Kier molecular flexibility index (Phi) is 4.74. The smallest absolute Gasteiger partial charge is 0.226 e. The summed E-state index contributed by atoms with van der Waals surface area (Å²) in [7, 11) is 4.06. The average Bonchev–Trinajstić information content (AvgIpc) is 2.26. The predicted molar refractivity (Wildman–Crippen MR) is 66.4 cm³/mol. The van der Waals surface area contributed by atoms with E-state index < -0.39 is 0 Å². The average molecular weight is 227 g/mol. The van der Waals surface area contributed by atoms with E-state index in [4.69, 9.17) is 0 Å². The van der Waals surface area contributed by atoms with Crippen molar-refractivity contribution in [2.24, 2.45) is 5.41 Å². The molecule has 1 aliphatic heterocycles. The van der Waals surface area contributed by atoms with Crippen LogP contribution in [-0.4, -0.2) is 50.6 Å². The lowest BCUT2D eigenvalue weighted by molar-refractivity contribution is -0.131. The third-order valence-corrected chi connectivity index (χ3v) is 3.69. The Bertz CT molecular complexity index is 234. The van der Waals surface area contributed by atoms with E-state index in [1.54, 1.807) is 0 Å². The summed E-state index contributed by atoms with van der Waals surface area (Å²) in [6.45, 7) is 6.82. The van der Waals surface area contributed by atoms with Crippen molar-refractivity contribution in [3.05, 3.63) is 0 Å². The molecule has 0 radical (unpaired) electrons. The zero-order valence-corrected chi connectivity index (χ0v) is 11.0. The van der Waals surface area contributed by atoms with Crippen molar-refractivity contribution in [3.8, 4) is 0 Å². The summed E-state index contributed by atoms with van der Waals surface area (Å²) in [5.74, 6) is 0.211. The fraction of sp³-hybridized carbons (Fsp3) is 0.917. The molecule has 1 atom stereocenters. The maximum atomic E-state index is 12.1. The Labute approximate surface area is 98.8 Å². The van der Waals surface area contributed by atoms with Crippen molar-refractivity contribution >= 4 is 5.91 Å². The van der Waals surface area contributed by atoms with Gasteiger partial charge in [-0.2, -0.15) is 0 Å². The first-order chi connectivity index (χ1) is 7.46. The third kappa shape index (κ3) is 3.46. The second kappa shape index (κ2) is 5.64. The summed E-state index contributed by atoms with van der Waals surface area (Å²) in [4.78, 5) is 14.2. The van der Waals surface area contributed by atoms with Crippen LogP contribution >= 0.6 is 0 Å². The minimum Gasteiger partial charge on any atom is -0.354 e. The van der Waals surface area contributed by atoms with Crippen LogP contribution in [-0.2, 0) is 4.79 Å². The zero-order chi connectivity index (χ0) is 12.2. The highest BCUT2D eigenvalue weighted by molar-refractivity contribution is 5.82. The Balaban J connectivity index is 2.39. The van der Waals surface area contributed by atoms with Gasteiger partial charge in [0.05, 0.1) is 0 Å². The molecule has 4 nitrogen and oxygen atoms in total. The van der Waals surface area contributed by atoms with Gasteiger partial charge in [-0.25, -0.2) is 0 Å². The molecule has 0 aromatic rings. The molecule has 4 heteroatoms. The molecule has 1 unspecified atom stereocenters. The number of nitrogens with zero attached hydrogens (tertiary/aromatic N) is 1. The number of likely N-dealkylation sites (N-methyl/N-ethyl adjacent to an activating group) is 1. The summed E-state index contributed by atoms with van der Waals surface area (Å²) < 4.78 is 0. The molecule has 16 heavy (non-hydrogen) atoms. The molecule has 94 valence electrons. The van der Waals surface area contributed by atoms with Gasteiger partial charge < -0.3 is 15.5 Å². The van der Waals surface area contributed by atoms with E-state index >= 15 is 0 Å². The SMILES string of the molecule is CC(CNC(=O)C1(C)CCNCC1)N(C)C. The highest BCUT2D eigenvalue weighted by Crippen LogP contribution is 2.27. The quantitative estimate of drug-likeness (QED) is 0.732. The highest BCUT2D eigenvalue weighted by Gasteiger charge is 2.34. The molecule has 1 rings (SSSR count). The molecular formula is C12H25N3O. The van der Waals surface area contributed by atoms with Gasteiger partial charge in [0.25, 0.3) is 0 Å². The molecule has 1 saturated heterocycles. The first-order valence-corrected chi connectivity index (χ1v) is 6.11. The van der Waals surface area contributed by atoms with Gasteiger partial charge in [-0.3, -0.25) is 4.79 Å². The number of nitrogens with one attached hydrogen (secondary N) is 2. The first kappa shape index (κ1) is 13.5. The van der Waals surface area contributed by atoms with Gasteiger partial charge in [0.2, 0.25) is 5.91 Å². The van der Waals surface area contributed by atoms with Gasteiger partial charge >= 0.3 is 0 Å². The van der Waals surface area contributed by atoms with Gasteiger partial charge in [0.15, 0.2) is 0 Å². The van der Waals surface area contributed by atoms with Crippen LogP contribution in [0.5, 0.6) is 0 Å². The molecule has 1 amide bonds. The minimum absolute atomic E-state index is 0.169. The highest BCUT2D eigenvalue weighted by atomic mass is 16.2. The van der Waals surface area contributed by atoms with Crippen LogP contribution in [0, 0.1) is 5.41 Å². The molecular weight excluding hydrogens is 202 g/mol. The second-order valence-electron chi connectivity index (χ2n) is 5.33. The number of piperidine rings is 1.